The highest BCUT2D eigenvalue weighted by molar-refractivity contribution is 5.27. The molecule has 1 aliphatic rings. The summed E-state index contributed by atoms with van der Waals surface area (Å²) < 4.78 is 13.8. The first-order valence-corrected chi connectivity index (χ1v) is 6.02. The first kappa shape index (κ1) is 11.9. The van der Waals surface area contributed by atoms with Crippen LogP contribution in [0.2, 0.25) is 0 Å². The van der Waals surface area contributed by atoms with Gasteiger partial charge in [-0.3, -0.25) is 0 Å². The molecule has 0 aromatic heterocycles. The fourth-order valence-electron chi connectivity index (χ4n) is 2.00. The van der Waals surface area contributed by atoms with Crippen LogP contribution in [0.3, 0.4) is 0 Å². The first-order valence-electron chi connectivity index (χ1n) is 6.02. The van der Waals surface area contributed by atoms with Crippen molar-refractivity contribution in [2.75, 3.05) is 6.54 Å². The molecule has 2 heteroatoms. The van der Waals surface area contributed by atoms with Gasteiger partial charge >= 0.3 is 0 Å². The summed E-state index contributed by atoms with van der Waals surface area (Å²) in [4.78, 5) is 2.16. The van der Waals surface area contributed by atoms with Crippen LogP contribution in [0.5, 0.6) is 0 Å². The minimum absolute atomic E-state index is 0.0889. The Morgan fingerprint density at radius 3 is 2.71 bits per heavy atom. The van der Waals surface area contributed by atoms with Crippen LogP contribution in [-0.4, -0.2) is 11.4 Å². The van der Waals surface area contributed by atoms with Gasteiger partial charge in [0, 0.05) is 13.1 Å². The number of hydrogen-bond donors (Lipinski definition) is 0. The van der Waals surface area contributed by atoms with Crippen LogP contribution in [0, 0.1) is 5.82 Å². The van der Waals surface area contributed by atoms with Gasteiger partial charge in [0.25, 0.3) is 0 Å². The average Bonchev–Trinajstić information content (AvgIpc) is 2.30. The summed E-state index contributed by atoms with van der Waals surface area (Å²) in [6.45, 7) is 5.67. The van der Waals surface area contributed by atoms with Gasteiger partial charge in [-0.1, -0.05) is 38.1 Å². The molecular weight excluding hydrogens is 213 g/mol. The molecule has 0 amide bonds. The van der Waals surface area contributed by atoms with Crippen LogP contribution in [0.25, 0.3) is 0 Å². The molecule has 1 aliphatic heterocycles. The minimum atomic E-state index is -0.0889. The smallest absolute Gasteiger partial charge is 0.126 e. The molecule has 1 nitrogen and oxygen atoms in total. The molecule has 1 heterocycles. The maximum absolute atomic E-state index is 13.8. The lowest BCUT2D eigenvalue weighted by Gasteiger charge is -2.21. The number of benzene rings is 1. The van der Waals surface area contributed by atoms with E-state index in [1.807, 2.05) is 44.3 Å². The van der Waals surface area contributed by atoms with Gasteiger partial charge in [0.15, 0.2) is 0 Å². The zero-order valence-electron chi connectivity index (χ0n) is 10.4. The monoisotopic (exact) mass is 231 g/mol. The van der Waals surface area contributed by atoms with Gasteiger partial charge in [-0.15, -0.1) is 0 Å². The molecular formula is C15H18FN. The number of halogens is 1. The Morgan fingerprint density at radius 1 is 1.29 bits per heavy atom. The molecule has 0 atom stereocenters. The number of allylic oxidation sites excluding steroid dienone is 2. The quantitative estimate of drug-likeness (QED) is 0.764. The number of hydrogen-bond acceptors (Lipinski definition) is 1. The van der Waals surface area contributed by atoms with E-state index in [1.54, 1.807) is 6.07 Å². The molecule has 1 aromatic rings. The fraction of sp³-hybridized carbons (Fsp3) is 0.333. The third kappa shape index (κ3) is 2.96. The van der Waals surface area contributed by atoms with Crippen molar-refractivity contribution in [3.8, 4) is 0 Å². The van der Waals surface area contributed by atoms with Crippen LogP contribution in [0.15, 0.2) is 42.6 Å². The lowest BCUT2D eigenvalue weighted by Crippen LogP contribution is -2.18. The Balaban J connectivity index is 2.09. The van der Waals surface area contributed by atoms with Gasteiger partial charge in [0.1, 0.15) is 5.82 Å². The predicted octanol–water partition coefficient (Wildman–Crippen LogP) is 3.83. The van der Waals surface area contributed by atoms with Crippen molar-refractivity contribution in [2.24, 2.45) is 0 Å². The van der Waals surface area contributed by atoms with E-state index < -0.39 is 0 Å². The highest BCUT2D eigenvalue weighted by Crippen LogP contribution is 2.20. The van der Waals surface area contributed by atoms with E-state index in [0.717, 1.165) is 24.2 Å². The summed E-state index contributed by atoms with van der Waals surface area (Å²) in [6.07, 6.45) is 8.16. The third-order valence-corrected chi connectivity index (χ3v) is 2.96. The topological polar surface area (TPSA) is 3.24 Å². The average molecular weight is 231 g/mol. The normalized spacial score (nSPS) is 14.7. The maximum Gasteiger partial charge on any atom is 0.126 e. The summed E-state index contributed by atoms with van der Waals surface area (Å²) in [5, 5.41) is 0. The molecule has 0 fully saturated rings. The van der Waals surface area contributed by atoms with Gasteiger partial charge in [0.05, 0.1) is 0 Å². The fourth-order valence-corrected chi connectivity index (χ4v) is 2.00. The van der Waals surface area contributed by atoms with Crippen molar-refractivity contribution in [2.45, 2.75) is 26.3 Å². The molecule has 17 heavy (non-hydrogen) atoms. The highest BCUT2D eigenvalue weighted by Gasteiger charge is 2.08. The van der Waals surface area contributed by atoms with Crippen molar-refractivity contribution in [1.82, 2.24) is 4.90 Å². The third-order valence-electron chi connectivity index (χ3n) is 2.96. The molecule has 90 valence electrons. The van der Waals surface area contributed by atoms with E-state index in [1.165, 1.54) is 0 Å². The van der Waals surface area contributed by atoms with E-state index in [-0.39, 0.29) is 11.7 Å². The highest BCUT2D eigenvalue weighted by atomic mass is 19.1. The molecule has 0 spiro atoms. The molecule has 0 unspecified atom stereocenters. The van der Waals surface area contributed by atoms with E-state index in [9.17, 15) is 4.39 Å². The van der Waals surface area contributed by atoms with Crippen LogP contribution >= 0.6 is 0 Å². The van der Waals surface area contributed by atoms with Crippen LogP contribution in [0.1, 0.15) is 30.9 Å². The molecule has 0 aliphatic carbocycles. The van der Waals surface area contributed by atoms with Crippen molar-refractivity contribution < 1.29 is 4.39 Å². The maximum atomic E-state index is 13.8. The Hall–Kier alpha value is -1.57. The van der Waals surface area contributed by atoms with Gasteiger partial charge in [-0.25, -0.2) is 4.39 Å². The SMILES string of the molecule is CC(C)c1ccc(CN2C=CC=CC2)cc1F. The van der Waals surface area contributed by atoms with E-state index >= 15 is 0 Å². The number of nitrogens with zero attached hydrogens (tertiary/aromatic N) is 1. The summed E-state index contributed by atoms with van der Waals surface area (Å²) in [6, 6.07) is 5.57. The van der Waals surface area contributed by atoms with Crippen molar-refractivity contribution in [1.29, 1.82) is 0 Å². The summed E-state index contributed by atoms with van der Waals surface area (Å²) >= 11 is 0. The zero-order valence-corrected chi connectivity index (χ0v) is 10.4. The van der Waals surface area contributed by atoms with Crippen molar-refractivity contribution in [3.05, 3.63) is 59.6 Å². The van der Waals surface area contributed by atoms with Crippen LogP contribution in [0.4, 0.5) is 4.39 Å². The Morgan fingerprint density at radius 2 is 2.12 bits per heavy atom. The standard InChI is InChI=1S/C15H18FN/c1-12(2)14-7-6-13(10-15(14)16)11-17-8-4-3-5-9-17/h3-8,10,12H,9,11H2,1-2H3. The van der Waals surface area contributed by atoms with Gasteiger partial charge in [-0.2, -0.15) is 0 Å². The van der Waals surface area contributed by atoms with Crippen LogP contribution < -0.4 is 0 Å². The Bertz CT molecular complexity index is 446. The van der Waals surface area contributed by atoms with Crippen molar-refractivity contribution in [3.63, 3.8) is 0 Å². The Labute approximate surface area is 102 Å². The number of rotatable bonds is 3. The van der Waals surface area contributed by atoms with Crippen molar-refractivity contribution >= 4 is 0 Å². The van der Waals surface area contributed by atoms with E-state index in [2.05, 4.69) is 11.0 Å². The van der Waals surface area contributed by atoms with E-state index in [0.29, 0.717) is 0 Å². The molecule has 1 aromatic carbocycles. The molecule has 2 rings (SSSR count). The zero-order chi connectivity index (χ0) is 12.3. The van der Waals surface area contributed by atoms with E-state index in [4.69, 9.17) is 0 Å². The molecule has 0 saturated carbocycles. The second-order valence-electron chi connectivity index (χ2n) is 4.71. The second-order valence-corrected chi connectivity index (χ2v) is 4.71. The first-order chi connectivity index (χ1) is 8.16. The lowest BCUT2D eigenvalue weighted by atomic mass is 10.0. The summed E-state index contributed by atoms with van der Waals surface area (Å²) in [7, 11) is 0. The Kier molecular flexibility index (Phi) is 3.62. The molecule has 0 bridgehead atoms. The second kappa shape index (κ2) is 5.17. The minimum Gasteiger partial charge on any atom is -0.369 e. The summed E-state index contributed by atoms with van der Waals surface area (Å²) in [5.74, 6) is 0.149. The van der Waals surface area contributed by atoms with Gasteiger partial charge < -0.3 is 4.90 Å². The van der Waals surface area contributed by atoms with Gasteiger partial charge in [0.2, 0.25) is 0 Å². The van der Waals surface area contributed by atoms with Crippen LogP contribution in [-0.2, 0) is 6.54 Å². The van der Waals surface area contributed by atoms with Gasteiger partial charge in [-0.05, 0) is 35.4 Å². The summed E-state index contributed by atoms with van der Waals surface area (Å²) in [5.41, 5.74) is 1.81. The predicted molar refractivity (Wildman–Crippen MR) is 69.2 cm³/mol. The largest absolute Gasteiger partial charge is 0.369 e. The lowest BCUT2D eigenvalue weighted by molar-refractivity contribution is 0.404. The molecule has 0 saturated heterocycles. The molecule has 0 N–H and O–H groups in total. The molecule has 0 radical (unpaired) electrons.